The molecular formula is C44H31F13N10O4. The minimum Gasteiger partial charge on any atom is -0.354 e. The van der Waals surface area contributed by atoms with Crippen LogP contribution < -0.4 is 10.2 Å². The maximum atomic E-state index is 13.4. The van der Waals surface area contributed by atoms with Gasteiger partial charge in [-0.05, 0) is 59.7 Å². The van der Waals surface area contributed by atoms with Crippen molar-refractivity contribution in [2.75, 3.05) is 24.4 Å². The number of halogens is 13. The maximum absolute atomic E-state index is 13.4. The number of aromatic nitrogens is 8. The van der Waals surface area contributed by atoms with E-state index in [1.807, 2.05) is 0 Å². The van der Waals surface area contributed by atoms with Crippen molar-refractivity contribution in [3.05, 3.63) is 167 Å². The lowest BCUT2D eigenvalue weighted by atomic mass is 10.0. The first-order valence-electron chi connectivity index (χ1n) is 20.4. The van der Waals surface area contributed by atoms with Gasteiger partial charge in [0.2, 0.25) is 0 Å². The van der Waals surface area contributed by atoms with Crippen LogP contribution in [-0.2, 0) is 37.8 Å². The first-order chi connectivity index (χ1) is 33.8. The van der Waals surface area contributed by atoms with Crippen LogP contribution in [0.4, 0.5) is 68.5 Å². The largest absolute Gasteiger partial charge is 0.416 e. The van der Waals surface area contributed by atoms with Crippen LogP contribution in [0.1, 0.15) is 55.7 Å². The second kappa shape index (κ2) is 21.1. The average Bonchev–Trinajstić information content (AvgIpc) is 4.18. The highest BCUT2D eigenvalue weighted by Gasteiger charge is 2.39. The van der Waals surface area contributed by atoms with Crippen LogP contribution >= 0.6 is 0 Å². The molecule has 0 aliphatic rings. The molecule has 0 saturated heterocycles. The number of pyridine rings is 2. The Hall–Kier alpha value is -8.39. The molecule has 0 atom stereocenters. The third kappa shape index (κ3) is 13.0. The topological polar surface area (TPSA) is 163 Å². The van der Waals surface area contributed by atoms with Crippen molar-refractivity contribution < 1.29 is 77.1 Å². The third-order valence-electron chi connectivity index (χ3n) is 9.66. The summed E-state index contributed by atoms with van der Waals surface area (Å²) < 4.78 is 185. The summed E-state index contributed by atoms with van der Waals surface area (Å²) in [5.41, 5.74) is -5.32. The molecule has 1 N–H and O–H groups in total. The van der Waals surface area contributed by atoms with Crippen LogP contribution in [0.25, 0.3) is 22.9 Å². The molecule has 6 aromatic heterocycles. The zero-order chi connectivity index (χ0) is 52.6. The molecule has 14 nitrogen and oxygen atoms in total. The van der Waals surface area contributed by atoms with E-state index in [1.54, 1.807) is 42.6 Å². The number of rotatable bonds is 10. The van der Waals surface area contributed by atoms with Gasteiger partial charge in [0.05, 0.1) is 67.6 Å². The first kappa shape index (κ1) is 50.5. The summed E-state index contributed by atoms with van der Waals surface area (Å²) in [5, 5.41) is 17.7. The highest BCUT2D eigenvalue weighted by molar-refractivity contribution is 6.04. The van der Waals surface area contributed by atoms with E-state index in [0.717, 1.165) is 26.4 Å². The van der Waals surface area contributed by atoms with Crippen LogP contribution in [0.15, 0.2) is 131 Å². The van der Waals surface area contributed by atoms with Crippen LogP contribution in [0, 0.1) is 0 Å². The van der Waals surface area contributed by atoms with Crippen molar-refractivity contribution in [1.82, 2.24) is 39.8 Å². The minimum atomic E-state index is -5.00. The van der Waals surface area contributed by atoms with Crippen molar-refractivity contribution in [1.29, 1.82) is 0 Å². The molecule has 372 valence electrons. The summed E-state index contributed by atoms with van der Waals surface area (Å²) in [6, 6.07) is 15.7. The van der Waals surface area contributed by atoms with Crippen molar-refractivity contribution in [3.63, 3.8) is 0 Å². The van der Waals surface area contributed by atoms with E-state index in [4.69, 9.17) is 10.4 Å². The van der Waals surface area contributed by atoms with E-state index in [9.17, 15) is 66.7 Å². The Balaban J connectivity index is 0.000000223. The number of hydrogen-bond acceptors (Lipinski definition) is 10. The molecule has 0 aliphatic heterocycles. The molecule has 27 heteroatoms. The van der Waals surface area contributed by atoms with E-state index >= 15 is 0 Å². The molecule has 6 heterocycles. The van der Waals surface area contributed by atoms with E-state index in [2.05, 4.69) is 35.8 Å². The predicted octanol–water partition coefficient (Wildman–Crippen LogP) is 11.2. The summed E-state index contributed by atoms with van der Waals surface area (Å²) in [4.78, 5) is 34.5. The SMILES string of the molecule is CN(C(=O)c1cc(-c2ccccn2)on1)c1cnn(Cc2ccc(C(F)(F)F)cc2C(F)(F)F)c1.O=C(Nc1cnn(Cc2ccc(C(F)(F)F)cc2C(F)(F)F)c1)c1cc(-c2ccccn2)on1.[2H]CF. The molecule has 2 amide bonds. The molecule has 0 spiro atoms. The molecule has 71 heavy (non-hydrogen) atoms. The summed E-state index contributed by atoms with van der Waals surface area (Å²) in [7, 11) is 0.401. The molecule has 0 unspecified atom stereocenters. The van der Waals surface area contributed by atoms with Gasteiger partial charge in [0.1, 0.15) is 11.4 Å². The number of nitrogens with zero attached hydrogens (tertiary/aromatic N) is 9. The van der Waals surface area contributed by atoms with Crippen LogP contribution in [-0.4, -0.2) is 65.9 Å². The fourth-order valence-corrected chi connectivity index (χ4v) is 6.29. The summed E-state index contributed by atoms with van der Waals surface area (Å²) in [6.07, 6.45) is -11.8. The Bertz CT molecular complexity index is 3100. The van der Waals surface area contributed by atoms with Gasteiger partial charge in [0.25, 0.3) is 11.8 Å². The number of amides is 2. The smallest absolute Gasteiger partial charge is 0.354 e. The molecule has 0 radical (unpaired) electrons. The van der Waals surface area contributed by atoms with Gasteiger partial charge >= 0.3 is 24.7 Å². The Morgan fingerprint density at radius 2 is 1.10 bits per heavy atom. The fourth-order valence-electron chi connectivity index (χ4n) is 6.29. The van der Waals surface area contributed by atoms with Gasteiger partial charge in [-0.3, -0.25) is 33.3 Å². The maximum Gasteiger partial charge on any atom is 0.416 e. The highest BCUT2D eigenvalue weighted by atomic mass is 19.4. The van der Waals surface area contributed by atoms with Gasteiger partial charge in [0, 0.05) is 44.0 Å². The van der Waals surface area contributed by atoms with Gasteiger partial charge in [-0.1, -0.05) is 34.6 Å². The molecule has 8 aromatic rings. The number of benzene rings is 2. The Labute approximate surface area is 391 Å². The predicted molar refractivity (Wildman–Crippen MR) is 223 cm³/mol. The second-order valence-electron chi connectivity index (χ2n) is 14.5. The van der Waals surface area contributed by atoms with Gasteiger partial charge in [-0.2, -0.15) is 62.9 Å². The molecule has 0 fully saturated rings. The number of nitrogens with one attached hydrogen (secondary N) is 1. The van der Waals surface area contributed by atoms with Crippen LogP contribution in [0.2, 0.25) is 0 Å². The zero-order valence-electron chi connectivity index (χ0n) is 36.7. The zero-order valence-corrected chi connectivity index (χ0v) is 35.7. The molecule has 8 rings (SSSR count). The monoisotopic (exact) mass is 1010 g/mol. The molecular weight excluding hydrogens is 980 g/mol. The molecule has 0 aliphatic carbocycles. The van der Waals surface area contributed by atoms with Crippen molar-refractivity contribution in [2.24, 2.45) is 0 Å². The number of alkyl halides is 13. The normalized spacial score (nSPS) is 12.0. The quantitative estimate of drug-likeness (QED) is 0.130. The lowest BCUT2D eigenvalue weighted by Crippen LogP contribution is -2.26. The fraction of sp³-hybridized carbons (Fsp3) is 0.182. The molecule has 2 aromatic carbocycles. The average molecular weight is 1010 g/mol. The Kier molecular flexibility index (Phi) is 15.0. The number of hydrogen-bond donors (Lipinski definition) is 1. The van der Waals surface area contributed by atoms with Crippen molar-refractivity contribution in [2.45, 2.75) is 37.8 Å². The number of carbonyl (C=O) groups is 2. The Morgan fingerprint density at radius 3 is 1.56 bits per heavy atom. The number of carbonyl (C=O) groups excluding carboxylic acids is 2. The van der Waals surface area contributed by atoms with E-state index < -0.39 is 90.1 Å². The lowest BCUT2D eigenvalue weighted by molar-refractivity contribution is -0.145. The van der Waals surface area contributed by atoms with E-state index in [1.165, 1.54) is 50.2 Å². The Morgan fingerprint density at radius 1 is 0.634 bits per heavy atom. The summed E-state index contributed by atoms with van der Waals surface area (Å²) >= 11 is 0. The van der Waals surface area contributed by atoms with Gasteiger partial charge in [-0.15, -0.1) is 0 Å². The van der Waals surface area contributed by atoms with Gasteiger partial charge in [0.15, 0.2) is 22.9 Å². The van der Waals surface area contributed by atoms with Gasteiger partial charge in [-0.25, -0.2) is 0 Å². The first-order valence-corrected chi connectivity index (χ1v) is 19.7. The number of anilines is 2. The minimum absolute atomic E-state index is 0.0389. The van der Waals surface area contributed by atoms with Crippen molar-refractivity contribution in [3.8, 4) is 22.9 Å². The third-order valence-corrected chi connectivity index (χ3v) is 9.66. The summed E-state index contributed by atoms with van der Waals surface area (Å²) in [5.74, 6) is -0.736. The van der Waals surface area contributed by atoms with Crippen LogP contribution in [0.5, 0.6) is 0 Å². The van der Waals surface area contributed by atoms with E-state index in [0.29, 0.717) is 23.5 Å². The van der Waals surface area contributed by atoms with Crippen molar-refractivity contribution >= 4 is 23.2 Å². The lowest BCUT2D eigenvalue weighted by Gasteiger charge is -2.16. The second-order valence-corrected chi connectivity index (χ2v) is 14.5. The van der Waals surface area contributed by atoms with E-state index in [-0.39, 0.29) is 46.4 Å². The summed E-state index contributed by atoms with van der Waals surface area (Å²) in [6.45, 7) is -0.945. The molecule has 0 bridgehead atoms. The van der Waals surface area contributed by atoms with Gasteiger partial charge < -0.3 is 19.3 Å². The standard InChI is InChI=1S/C22H15F6N5O2.C21H13F6N5O2.CH3F/c1-32(20(34)18-9-19(35-31-18)17-4-2-3-7-29-17)15-10-30-33(12-15)11-13-5-6-14(21(23,24)25)8-16(13)22(26,27)28;22-20(23,24)13-5-4-12(15(7-13)21(25,26)27)10-32-11-14(9-29-32)30-19(33)17-8-18(34-31-17)16-3-1-2-6-28-16;1-2/h2-10,12H,11H2,1H3;1-9,11H,10H2,(H,30,33);1H3/i;;1D. The highest BCUT2D eigenvalue weighted by Crippen LogP contribution is 2.39. The molecule has 0 saturated carbocycles. The van der Waals surface area contributed by atoms with Crippen LogP contribution in [0.3, 0.4) is 0 Å².